The number of hydrogen-bond acceptors (Lipinski definition) is 3. The maximum Gasteiger partial charge on any atom is 0.137 e. The third kappa shape index (κ3) is 6.08. The number of benzene rings is 1. The first kappa shape index (κ1) is 16.5. The highest BCUT2D eigenvalue weighted by Crippen LogP contribution is 2.24. The van der Waals surface area contributed by atoms with Crippen molar-refractivity contribution >= 4 is 0 Å². The summed E-state index contributed by atoms with van der Waals surface area (Å²) in [6.45, 7) is 7.31. The van der Waals surface area contributed by atoms with Gasteiger partial charge < -0.3 is 19.5 Å². The van der Waals surface area contributed by atoms with Crippen LogP contribution in [0.25, 0.3) is 0 Å². The van der Waals surface area contributed by atoms with E-state index in [2.05, 4.69) is 11.9 Å². The minimum atomic E-state index is 0.698. The fourth-order valence-electron chi connectivity index (χ4n) is 1.91. The molecule has 0 aliphatic heterocycles. The molecular weight excluding hydrogens is 254 g/mol. The zero-order chi connectivity index (χ0) is 14.6. The monoisotopic (exact) mass is 280 g/mol. The second-order valence-corrected chi connectivity index (χ2v) is 4.53. The molecule has 0 amide bonds. The molecule has 1 aromatic rings. The molecule has 0 aromatic heterocycles. The van der Waals surface area contributed by atoms with Gasteiger partial charge in [-0.05, 0) is 24.6 Å². The van der Waals surface area contributed by atoms with Crippen LogP contribution in [0.4, 0.5) is 0 Å². The Labute approximate surface area is 121 Å². The number of quaternary nitrogens is 1. The van der Waals surface area contributed by atoms with Crippen LogP contribution in [0.5, 0.6) is 11.5 Å². The quantitative estimate of drug-likeness (QED) is 0.492. The molecule has 1 rings (SSSR count). The molecule has 0 heterocycles. The highest BCUT2D eigenvalue weighted by molar-refractivity contribution is 5.41. The van der Waals surface area contributed by atoms with E-state index in [0.717, 1.165) is 49.6 Å². The van der Waals surface area contributed by atoms with Gasteiger partial charge >= 0.3 is 0 Å². The van der Waals surface area contributed by atoms with E-state index in [1.807, 2.05) is 24.3 Å². The van der Waals surface area contributed by atoms with Gasteiger partial charge in [0.25, 0.3) is 0 Å². The van der Waals surface area contributed by atoms with Gasteiger partial charge in [-0.15, -0.1) is 6.58 Å². The number of methoxy groups -OCH3 is 2. The summed E-state index contributed by atoms with van der Waals surface area (Å²) in [7, 11) is 3.40. The first-order valence-electron chi connectivity index (χ1n) is 7.03. The lowest BCUT2D eigenvalue weighted by molar-refractivity contribution is -0.655. The second-order valence-electron chi connectivity index (χ2n) is 4.53. The molecule has 0 saturated heterocycles. The van der Waals surface area contributed by atoms with Gasteiger partial charge in [-0.3, -0.25) is 0 Å². The Morgan fingerprint density at radius 2 is 2.05 bits per heavy atom. The molecule has 4 heteroatoms. The fraction of sp³-hybridized carbons (Fsp3) is 0.500. The van der Waals surface area contributed by atoms with E-state index in [-0.39, 0.29) is 0 Å². The summed E-state index contributed by atoms with van der Waals surface area (Å²) in [5, 5.41) is 2.25. The summed E-state index contributed by atoms with van der Waals surface area (Å²) in [6.07, 6.45) is 3.73. The van der Waals surface area contributed by atoms with Crippen molar-refractivity contribution in [2.75, 3.05) is 40.5 Å². The van der Waals surface area contributed by atoms with Crippen molar-refractivity contribution in [1.82, 2.24) is 0 Å². The third-order valence-corrected chi connectivity index (χ3v) is 2.97. The molecule has 0 saturated carbocycles. The fourth-order valence-corrected chi connectivity index (χ4v) is 1.91. The molecule has 4 nitrogen and oxygen atoms in total. The molecule has 0 radical (unpaired) electrons. The van der Waals surface area contributed by atoms with Crippen LogP contribution in [0.1, 0.15) is 12.0 Å². The van der Waals surface area contributed by atoms with Crippen LogP contribution in [-0.4, -0.2) is 40.5 Å². The Morgan fingerprint density at radius 1 is 1.20 bits per heavy atom. The number of hydrogen-bond donors (Lipinski definition) is 1. The van der Waals surface area contributed by atoms with E-state index in [1.165, 1.54) is 0 Å². The van der Waals surface area contributed by atoms with Crippen molar-refractivity contribution in [1.29, 1.82) is 0 Å². The number of ether oxygens (including phenoxy) is 3. The molecular formula is C16H26NO3+. The number of rotatable bonds is 11. The molecule has 0 aliphatic rings. The smallest absolute Gasteiger partial charge is 0.137 e. The van der Waals surface area contributed by atoms with Crippen molar-refractivity contribution in [3.63, 3.8) is 0 Å². The Balaban J connectivity index is 2.36. The molecule has 0 spiro atoms. The average molecular weight is 280 g/mol. The summed E-state index contributed by atoms with van der Waals surface area (Å²) >= 11 is 0. The topological polar surface area (TPSA) is 44.3 Å². The number of nitrogens with two attached hydrogens (primary N) is 1. The Hall–Kier alpha value is -1.52. The molecule has 2 N–H and O–H groups in total. The Morgan fingerprint density at radius 3 is 2.75 bits per heavy atom. The minimum Gasteiger partial charge on any atom is -0.497 e. The lowest BCUT2D eigenvalue weighted by Crippen LogP contribution is -2.85. The summed E-state index contributed by atoms with van der Waals surface area (Å²) in [4.78, 5) is 0. The van der Waals surface area contributed by atoms with Gasteiger partial charge in [0.1, 0.15) is 24.7 Å². The summed E-state index contributed by atoms with van der Waals surface area (Å²) in [5.41, 5.74) is 1.11. The zero-order valence-corrected chi connectivity index (χ0v) is 12.6. The predicted molar refractivity (Wildman–Crippen MR) is 80.5 cm³/mol. The normalized spacial score (nSPS) is 10.3. The summed E-state index contributed by atoms with van der Waals surface area (Å²) < 4.78 is 16.1. The van der Waals surface area contributed by atoms with E-state index in [9.17, 15) is 0 Å². The van der Waals surface area contributed by atoms with Crippen LogP contribution in [0.15, 0.2) is 30.9 Å². The number of allylic oxidation sites excluding steroid dienone is 1. The van der Waals surface area contributed by atoms with Gasteiger partial charge in [0, 0.05) is 19.1 Å². The molecule has 0 atom stereocenters. The van der Waals surface area contributed by atoms with Crippen molar-refractivity contribution in [2.24, 2.45) is 0 Å². The van der Waals surface area contributed by atoms with Crippen LogP contribution in [0, 0.1) is 0 Å². The van der Waals surface area contributed by atoms with Crippen LogP contribution in [0.3, 0.4) is 0 Å². The second kappa shape index (κ2) is 10.3. The lowest BCUT2D eigenvalue weighted by Gasteiger charge is -2.11. The van der Waals surface area contributed by atoms with E-state index < -0.39 is 0 Å². The Kier molecular flexibility index (Phi) is 8.51. The van der Waals surface area contributed by atoms with Crippen molar-refractivity contribution in [3.8, 4) is 11.5 Å². The van der Waals surface area contributed by atoms with Crippen LogP contribution < -0.4 is 14.8 Å². The first-order valence-corrected chi connectivity index (χ1v) is 7.03. The highest BCUT2D eigenvalue weighted by Gasteiger charge is 2.05. The molecule has 112 valence electrons. The van der Waals surface area contributed by atoms with E-state index in [4.69, 9.17) is 14.2 Å². The van der Waals surface area contributed by atoms with Crippen LogP contribution in [0.2, 0.25) is 0 Å². The van der Waals surface area contributed by atoms with Gasteiger partial charge in [0.15, 0.2) is 0 Å². The van der Waals surface area contributed by atoms with Gasteiger partial charge in [-0.1, -0.05) is 6.08 Å². The zero-order valence-electron chi connectivity index (χ0n) is 12.6. The lowest BCUT2D eigenvalue weighted by atomic mass is 10.1. The molecule has 1 aromatic carbocycles. The van der Waals surface area contributed by atoms with E-state index >= 15 is 0 Å². The molecule has 0 bridgehead atoms. The third-order valence-electron chi connectivity index (χ3n) is 2.97. The SMILES string of the molecule is C=CCc1cc(OC)ccc1OCC[NH2+]CCCOC. The van der Waals surface area contributed by atoms with Crippen LogP contribution >= 0.6 is 0 Å². The molecule has 0 fully saturated rings. The van der Waals surface area contributed by atoms with E-state index in [0.29, 0.717) is 6.61 Å². The van der Waals surface area contributed by atoms with Crippen molar-refractivity contribution in [2.45, 2.75) is 12.8 Å². The van der Waals surface area contributed by atoms with Crippen molar-refractivity contribution in [3.05, 3.63) is 36.4 Å². The maximum absolute atomic E-state index is 5.83. The van der Waals surface area contributed by atoms with Crippen LogP contribution in [-0.2, 0) is 11.2 Å². The average Bonchev–Trinajstić information content (AvgIpc) is 2.47. The molecule has 20 heavy (non-hydrogen) atoms. The largest absolute Gasteiger partial charge is 0.497 e. The maximum atomic E-state index is 5.83. The molecule has 0 aliphatic carbocycles. The standard InChI is InChI=1S/C16H25NO3/c1-4-6-14-13-15(19-3)7-8-16(14)20-12-10-17-9-5-11-18-2/h4,7-8,13,17H,1,5-6,9-12H2,2-3H3/p+1. The molecule has 0 unspecified atom stereocenters. The van der Waals surface area contributed by atoms with Crippen molar-refractivity contribution < 1.29 is 19.5 Å². The van der Waals surface area contributed by atoms with E-state index in [1.54, 1.807) is 14.2 Å². The van der Waals surface area contributed by atoms with Gasteiger partial charge in [-0.25, -0.2) is 0 Å². The first-order chi connectivity index (χ1) is 9.81. The highest BCUT2D eigenvalue weighted by atomic mass is 16.5. The van der Waals surface area contributed by atoms with Gasteiger partial charge in [0.2, 0.25) is 0 Å². The summed E-state index contributed by atoms with van der Waals surface area (Å²) in [5.74, 6) is 1.76. The predicted octanol–water partition coefficient (Wildman–Crippen LogP) is 1.40. The van der Waals surface area contributed by atoms with Gasteiger partial charge in [0.05, 0.1) is 20.3 Å². The Bertz CT molecular complexity index is 393. The summed E-state index contributed by atoms with van der Waals surface area (Å²) in [6, 6.07) is 5.88. The van der Waals surface area contributed by atoms with Gasteiger partial charge in [-0.2, -0.15) is 0 Å². The minimum absolute atomic E-state index is 0.698.